The van der Waals surface area contributed by atoms with E-state index in [1.165, 1.54) is 57.8 Å². The summed E-state index contributed by atoms with van der Waals surface area (Å²) in [5.41, 5.74) is 0. The zero-order chi connectivity index (χ0) is 12.5. The Kier molecular flexibility index (Phi) is 7.92. The fourth-order valence-electron chi connectivity index (χ4n) is 2.81. The highest BCUT2D eigenvalue weighted by Gasteiger charge is 2.15. The molecule has 1 fully saturated rings. The number of carbonyl (C=O) groups is 1. The molecule has 1 saturated carbocycles. The summed E-state index contributed by atoms with van der Waals surface area (Å²) in [5, 5.41) is -0.103. The fourth-order valence-corrected chi connectivity index (χ4v) is 3.03. The van der Waals surface area contributed by atoms with Crippen LogP contribution in [0.2, 0.25) is 0 Å². The Balaban J connectivity index is 2.34. The second-order valence-electron chi connectivity index (χ2n) is 5.74. The van der Waals surface area contributed by atoms with Crippen LogP contribution in [0.4, 0.5) is 0 Å². The van der Waals surface area contributed by atoms with E-state index in [1.54, 1.807) is 0 Å². The number of halogens is 1. The first kappa shape index (κ1) is 15.0. The quantitative estimate of drug-likeness (QED) is 0.583. The Morgan fingerprint density at radius 3 is 1.71 bits per heavy atom. The van der Waals surface area contributed by atoms with Gasteiger partial charge in [0.1, 0.15) is 0 Å². The molecule has 2 unspecified atom stereocenters. The van der Waals surface area contributed by atoms with Gasteiger partial charge in [-0.3, -0.25) is 4.79 Å². The summed E-state index contributed by atoms with van der Waals surface area (Å²) in [7, 11) is 0. The van der Waals surface area contributed by atoms with E-state index in [1.807, 2.05) is 0 Å². The van der Waals surface area contributed by atoms with Gasteiger partial charge >= 0.3 is 0 Å². The summed E-state index contributed by atoms with van der Waals surface area (Å²) >= 11 is 5.67. The highest BCUT2D eigenvalue weighted by molar-refractivity contribution is 6.63. The number of carbonyl (C=O) groups excluding carboxylic acids is 1. The molecule has 1 nitrogen and oxygen atoms in total. The molecule has 0 radical (unpaired) electrons. The Morgan fingerprint density at radius 1 is 0.824 bits per heavy atom. The first-order chi connectivity index (χ1) is 8.20. The highest BCUT2D eigenvalue weighted by atomic mass is 35.5. The molecule has 0 spiro atoms. The van der Waals surface area contributed by atoms with Gasteiger partial charge in [-0.05, 0) is 30.4 Å². The summed E-state index contributed by atoms with van der Waals surface area (Å²) in [4.78, 5) is 11.3. The van der Waals surface area contributed by atoms with Crippen LogP contribution in [0.1, 0.15) is 77.6 Å². The fraction of sp³-hybridized carbons (Fsp3) is 0.933. The monoisotopic (exact) mass is 258 g/mol. The van der Waals surface area contributed by atoms with E-state index in [0.717, 1.165) is 18.8 Å². The predicted molar refractivity (Wildman–Crippen MR) is 74.3 cm³/mol. The van der Waals surface area contributed by atoms with E-state index in [-0.39, 0.29) is 11.2 Å². The molecule has 0 aromatic rings. The van der Waals surface area contributed by atoms with Gasteiger partial charge in [-0.25, -0.2) is 0 Å². The second kappa shape index (κ2) is 8.97. The summed E-state index contributed by atoms with van der Waals surface area (Å²) < 4.78 is 0. The molecule has 100 valence electrons. The number of hydrogen-bond acceptors (Lipinski definition) is 1. The van der Waals surface area contributed by atoms with Crippen LogP contribution in [0.15, 0.2) is 0 Å². The first-order valence-corrected chi connectivity index (χ1v) is 7.77. The molecule has 0 bridgehead atoms. The summed E-state index contributed by atoms with van der Waals surface area (Å²) in [5.74, 6) is 1.02. The molecule has 1 rings (SSSR count). The van der Waals surface area contributed by atoms with Crippen molar-refractivity contribution >= 4 is 16.8 Å². The molecule has 0 saturated heterocycles. The Labute approximate surface area is 111 Å². The molecule has 0 aromatic carbocycles. The number of rotatable bonds is 1. The molecular formula is C15H27ClO. The molecule has 1 aliphatic rings. The van der Waals surface area contributed by atoms with E-state index in [2.05, 4.69) is 6.92 Å². The lowest BCUT2D eigenvalue weighted by Crippen LogP contribution is -2.08. The van der Waals surface area contributed by atoms with Crippen molar-refractivity contribution < 1.29 is 4.79 Å². The van der Waals surface area contributed by atoms with Gasteiger partial charge in [-0.2, -0.15) is 0 Å². The molecule has 1 aliphatic carbocycles. The molecule has 0 aliphatic heterocycles. The van der Waals surface area contributed by atoms with E-state index < -0.39 is 0 Å². The summed E-state index contributed by atoms with van der Waals surface area (Å²) in [6.45, 7) is 2.38. The average Bonchev–Trinajstić information content (AvgIpc) is 2.30. The predicted octanol–water partition coefficient (Wildman–Crippen LogP) is 5.31. The van der Waals surface area contributed by atoms with Crippen molar-refractivity contribution in [3.05, 3.63) is 0 Å². The Bertz CT molecular complexity index is 215. The van der Waals surface area contributed by atoms with Crippen molar-refractivity contribution in [2.24, 2.45) is 11.8 Å². The molecular weight excluding hydrogens is 232 g/mol. The third-order valence-corrected chi connectivity index (χ3v) is 4.38. The third-order valence-electron chi connectivity index (χ3n) is 4.07. The van der Waals surface area contributed by atoms with Crippen LogP contribution in [0, 0.1) is 11.8 Å². The lowest BCUT2D eigenvalue weighted by Gasteiger charge is -2.11. The van der Waals surface area contributed by atoms with E-state index in [0.29, 0.717) is 0 Å². The van der Waals surface area contributed by atoms with E-state index >= 15 is 0 Å². The van der Waals surface area contributed by atoms with Crippen molar-refractivity contribution in [2.75, 3.05) is 0 Å². The van der Waals surface area contributed by atoms with Gasteiger partial charge < -0.3 is 0 Å². The maximum atomic E-state index is 11.3. The van der Waals surface area contributed by atoms with Gasteiger partial charge in [-0.15, -0.1) is 0 Å². The van der Waals surface area contributed by atoms with Crippen LogP contribution in [-0.4, -0.2) is 5.24 Å². The van der Waals surface area contributed by atoms with E-state index in [9.17, 15) is 4.79 Å². The second-order valence-corrected chi connectivity index (χ2v) is 6.11. The first-order valence-electron chi connectivity index (χ1n) is 7.39. The lowest BCUT2D eigenvalue weighted by atomic mass is 9.95. The largest absolute Gasteiger partial charge is 0.281 e. The van der Waals surface area contributed by atoms with E-state index in [4.69, 9.17) is 11.6 Å². The Morgan fingerprint density at radius 2 is 1.24 bits per heavy atom. The van der Waals surface area contributed by atoms with Crippen LogP contribution in [-0.2, 0) is 4.79 Å². The molecule has 0 amide bonds. The van der Waals surface area contributed by atoms with Crippen LogP contribution >= 0.6 is 11.6 Å². The minimum Gasteiger partial charge on any atom is -0.281 e. The average molecular weight is 259 g/mol. The van der Waals surface area contributed by atoms with Crippen molar-refractivity contribution in [3.63, 3.8) is 0 Å². The summed E-state index contributed by atoms with van der Waals surface area (Å²) in [6, 6.07) is 0. The van der Waals surface area contributed by atoms with Gasteiger partial charge in [0.2, 0.25) is 5.24 Å². The van der Waals surface area contributed by atoms with Gasteiger partial charge in [0.25, 0.3) is 0 Å². The lowest BCUT2D eigenvalue weighted by molar-refractivity contribution is -0.115. The minimum atomic E-state index is -0.103. The van der Waals surface area contributed by atoms with Crippen LogP contribution in [0.5, 0.6) is 0 Å². The molecule has 0 aromatic heterocycles. The SMILES string of the molecule is CC1CCCCCCC(C(=O)Cl)CCCCC1. The van der Waals surface area contributed by atoms with Gasteiger partial charge in [-0.1, -0.05) is 64.7 Å². The maximum absolute atomic E-state index is 11.3. The van der Waals surface area contributed by atoms with Crippen molar-refractivity contribution in [1.29, 1.82) is 0 Å². The molecule has 0 N–H and O–H groups in total. The third kappa shape index (κ3) is 7.08. The van der Waals surface area contributed by atoms with Crippen LogP contribution < -0.4 is 0 Å². The smallest absolute Gasteiger partial charge is 0.224 e. The summed E-state index contributed by atoms with van der Waals surface area (Å²) in [6.07, 6.45) is 13.7. The number of hydrogen-bond donors (Lipinski definition) is 0. The Hall–Kier alpha value is -0.0400. The molecule has 0 heterocycles. The minimum absolute atomic E-state index is 0.103. The highest BCUT2D eigenvalue weighted by Crippen LogP contribution is 2.24. The van der Waals surface area contributed by atoms with Gasteiger partial charge in [0.15, 0.2) is 0 Å². The zero-order valence-corrected chi connectivity index (χ0v) is 12.0. The molecule has 17 heavy (non-hydrogen) atoms. The molecule has 2 heteroatoms. The topological polar surface area (TPSA) is 17.1 Å². The van der Waals surface area contributed by atoms with Crippen molar-refractivity contribution in [3.8, 4) is 0 Å². The van der Waals surface area contributed by atoms with Gasteiger partial charge in [0.05, 0.1) is 0 Å². The van der Waals surface area contributed by atoms with Gasteiger partial charge in [0, 0.05) is 5.92 Å². The normalized spacial score (nSPS) is 29.8. The maximum Gasteiger partial charge on any atom is 0.224 e. The van der Waals surface area contributed by atoms with Crippen LogP contribution in [0.3, 0.4) is 0 Å². The van der Waals surface area contributed by atoms with Crippen molar-refractivity contribution in [1.82, 2.24) is 0 Å². The molecule has 2 atom stereocenters. The van der Waals surface area contributed by atoms with Crippen LogP contribution in [0.25, 0.3) is 0 Å². The standard InChI is InChI=1S/C15H27ClO/c1-13-9-5-2-3-7-11-14(15(16)17)12-8-4-6-10-13/h13-14H,2-12H2,1H3. The zero-order valence-electron chi connectivity index (χ0n) is 11.2. The van der Waals surface area contributed by atoms with Crippen molar-refractivity contribution in [2.45, 2.75) is 77.6 Å².